The lowest BCUT2D eigenvalue weighted by Gasteiger charge is -2.32. The smallest absolute Gasteiger partial charge is 0.0326 e. The quantitative estimate of drug-likeness (QED) is 0.692. The van der Waals surface area contributed by atoms with Gasteiger partial charge in [0.2, 0.25) is 0 Å². The Morgan fingerprint density at radius 2 is 2.06 bits per heavy atom. The minimum atomic E-state index is 0.560. The summed E-state index contributed by atoms with van der Waals surface area (Å²) in [4.78, 5) is 2.69. The molecule has 1 unspecified atom stereocenters. The second-order valence-electron chi connectivity index (χ2n) is 5.30. The first-order valence-electron chi connectivity index (χ1n) is 6.86. The first kappa shape index (κ1) is 11.0. The summed E-state index contributed by atoms with van der Waals surface area (Å²) in [7, 11) is 0. The van der Waals surface area contributed by atoms with E-state index in [-0.39, 0.29) is 0 Å². The summed E-state index contributed by atoms with van der Waals surface area (Å²) < 4.78 is 0. The SMILES string of the molecule is C[C@H](c1ccccc1)N1CCC2=CCCCC21. The molecule has 0 spiro atoms. The fraction of sp³-hybridized carbons (Fsp3) is 0.500. The van der Waals surface area contributed by atoms with Crippen LogP contribution in [0, 0.1) is 0 Å². The van der Waals surface area contributed by atoms with E-state index in [1.54, 1.807) is 5.57 Å². The third-order valence-electron chi connectivity index (χ3n) is 4.35. The molecule has 1 aromatic carbocycles. The largest absolute Gasteiger partial charge is 0.290 e. The third kappa shape index (κ3) is 2.04. The van der Waals surface area contributed by atoms with Crippen molar-refractivity contribution in [1.82, 2.24) is 4.90 Å². The van der Waals surface area contributed by atoms with Crippen LogP contribution in [0.2, 0.25) is 0 Å². The van der Waals surface area contributed by atoms with Crippen LogP contribution in [0.25, 0.3) is 0 Å². The van der Waals surface area contributed by atoms with Crippen LogP contribution in [-0.2, 0) is 0 Å². The summed E-state index contributed by atoms with van der Waals surface area (Å²) in [5, 5.41) is 0. The van der Waals surface area contributed by atoms with Crippen molar-refractivity contribution in [2.24, 2.45) is 0 Å². The number of hydrogen-bond acceptors (Lipinski definition) is 1. The standard InChI is InChI=1S/C16H21N/c1-13(14-7-3-2-4-8-14)17-12-11-15-9-5-6-10-16(15)17/h2-4,7-9,13,16H,5-6,10-12H2,1H3/t13-,16?/m1/s1. The summed E-state index contributed by atoms with van der Waals surface area (Å²) in [6, 6.07) is 12.2. The zero-order valence-corrected chi connectivity index (χ0v) is 10.6. The highest BCUT2D eigenvalue weighted by Gasteiger charge is 2.33. The summed E-state index contributed by atoms with van der Waals surface area (Å²) in [6.45, 7) is 3.60. The molecule has 0 amide bonds. The van der Waals surface area contributed by atoms with Crippen LogP contribution < -0.4 is 0 Å². The van der Waals surface area contributed by atoms with Crippen molar-refractivity contribution < 1.29 is 0 Å². The molecule has 1 aliphatic heterocycles. The summed E-state index contributed by atoms with van der Waals surface area (Å²) in [5.41, 5.74) is 3.17. The van der Waals surface area contributed by atoms with Crippen LogP contribution in [0.3, 0.4) is 0 Å². The lowest BCUT2D eigenvalue weighted by molar-refractivity contribution is 0.192. The molecule has 0 N–H and O–H groups in total. The highest BCUT2D eigenvalue weighted by atomic mass is 15.2. The van der Waals surface area contributed by atoms with Crippen LogP contribution in [-0.4, -0.2) is 17.5 Å². The maximum absolute atomic E-state index is 2.69. The third-order valence-corrected chi connectivity index (χ3v) is 4.35. The van der Waals surface area contributed by atoms with E-state index in [0.29, 0.717) is 6.04 Å². The van der Waals surface area contributed by atoms with E-state index >= 15 is 0 Å². The van der Waals surface area contributed by atoms with E-state index in [1.807, 2.05) is 0 Å². The molecule has 0 saturated carbocycles. The van der Waals surface area contributed by atoms with E-state index in [1.165, 1.54) is 37.8 Å². The van der Waals surface area contributed by atoms with Crippen molar-refractivity contribution in [1.29, 1.82) is 0 Å². The van der Waals surface area contributed by atoms with Gasteiger partial charge in [-0.25, -0.2) is 0 Å². The molecule has 1 fully saturated rings. The van der Waals surface area contributed by atoms with E-state index in [2.05, 4.69) is 48.2 Å². The molecular weight excluding hydrogens is 206 g/mol. The Kier molecular flexibility index (Phi) is 3.02. The van der Waals surface area contributed by atoms with Crippen molar-refractivity contribution in [3.8, 4) is 0 Å². The second-order valence-corrected chi connectivity index (χ2v) is 5.30. The maximum Gasteiger partial charge on any atom is 0.0326 e. The van der Waals surface area contributed by atoms with Crippen molar-refractivity contribution >= 4 is 0 Å². The van der Waals surface area contributed by atoms with Gasteiger partial charge >= 0.3 is 0 Å². The molecule has 1 aromatic rings. The molecule has 1 aliphatic carbocycles. The maximum atomic E-state index is 2.69. The minimum absolute atomic E-state index is 0.560. The van der Waals surface area contributed by atoms with Gasteiger partial charge < -0.3 is 0 Å². The Bertz CT molecular complexity index is 407. The predicted molar refractivity (Wildman–Crippen MR) is 71.9 cm³/mol. The van der Waals surface area contributed by atoms with Gasteiger partial charge in [-0.2, -0.15) is 0 Å². The van der Waals surface area contributed by atoms with Crippen LogP contribution in [0.4, 0.5) is 0 Å². The normalized spacial score (nSPS) is 26.4. The zero-order valence-electron chi connectivity index (χ0n) is 10.6. The molecule has 3 rings (SSSR count). The van der Waals surface area contributed by atoms with Crippen molar-refractivity contribution in [2.75, 3.05) is 6.54 Å². The Hall–Kier alpha value is -1.08. The molecule has 0 bridgehead atoms. The molecular formula is C16H21N. The highest BCUT2D eigenvalue weighted by Crippen LogP contribution is 2.37. The van der Waals surface area contributed by atoms with Crippen LogP contribution in [0.5, 0.6) is 0 Å². The first-order valence-corrected chi connectivity index (χ1v) is 6.86. The lowest BCUT2D eigenvalue weighted by atomic mass is 9.94. The fourth-order valence-electron chi connectivity index (χ4n) is 3.37. The molecule has 90 valence electrons. The van der Waals surface area contributed by atoms with Gasteiger partial charge in [-0.1, -0.05) is 42.0 Å². The molecule has 0 aromatic heterocycles. The van der Waals surface area contributed by atoms with Gasteiger partial charge in [0.25, 0.3) is 0 Å². The van der Waals surface area contributed by atoms with E-state index in [0.717, 1.165) is 6.04 Å². The van der Waals surface area contributed by atoms with Crippen LogP contribution in [0.15, 0.2) is 42.0 Å². The number of allylic oxidation sites excluding steroid dienone is 1. The van der Waals surface area contributed by atoms with Crippen molar-refractivity contribution in [2.45, 2.75) is 44.7 Å². The number of benzene rings is 1. The number of nitrogens with zero attached hydrogens (tertiary/aromatic N) is 1. The Labute approximate surface area is 104 Å². The molecule has 1 heterocycles. The summed E-state index contributed by atoms with van der Waals surface area (Å²) >= 11 is 0. The van der Waals surface area contributed by atoms with E-state index in [9.17, 15) is 0 Å². The molecule has 1 nitrogen and oxygen atoms in total. The Morgan fingerprint density at radius 1 is 1.24 bits per heavy atom. The van der Waals surface area contributed by atoms with Gasteiger partial charge in [-0.05, 0) is 38.2 Å². The van der Waals surface area contributed by atoms with Gasteiger partial charge in [-0.3, -0.25) is 4.90 Å². The molecule has 17 heavy (non-hydrogen) atoms. The number of fused-ring (bicyclic) bond motifs is 1. The average Bonchev–Trinajstić information content (AvgIpc) is 2.83. The minimum Gasteiger partial charge on any atom is -0.290 e. The van der Waals surface area contributed by atoms with Crippen LogP contribution >= 0.6 is 0 Å². The second kappa shape index (κ2) is 4.66. The topological polar surface area (TPSA) is 3.24 Å². The summed E-state index contributed by atoms with van der Waals surface area (Å²) in [6.07, 6.45) is 7.82. The van der Waals surface area contributed by atoms with Crippen molar-refractivity contribution in [3.05, 3.63) is 47.5 Å². The van der Waals surface area contributed by atoms with Gasteiger partial charge in [0.15, 0.2) is 0 Å². The number of rotatable bonds is 2. The van der Waals surface area contributed by atoms with Crippen molar-refractivity contribution in [3.63, 3.8) is 0 Å². The number of hydrogen-bond donors (Lipinski definition) is 0. The van der Waals surface area contributed by atoms with E-state index in [4.69, 9.17) is 0 Å². The number of likely N-dealkylation sites (tertiary alicyclic amines) is 1. The van der Waals surface area contributed by atoms with Crippen LogP contribution in [0.1, 0.15) is 44.2 Å². The first-order chi connectivity index (χ1) is 8.36. The molecule has 1 heteroatoms. The van der Waals surface area contributed by atoms with Gasteiger partial charge in [0, 0.05) is 18.6 Å². The lowest BCUT2D eigenvalue weighted by Crippen LogP contribution is -2.33. The van der Waals surface area contributed by atoms with Gasteiger partial charge in [-0.15, -0.1) is 0 Å². The molecule has 0 radical (unpaired) electrons. The molecule has 2 aliphatic rings. The van der Waals surface area contributed by atoms with E-state index < -0.39 is 0 Å². The Balaban J connectivity index is 1.81. The Morgan fingerprint density at radius 3 is 2.88 bits per heavy atom. The zero-order chi connectivity index (χ0) is 11.7. The summed E-state index contributed by atoms with van der Waals surface area (Å²) in [5.74, 6) is 0. The highest BCUT2D eigenvalue weighted by molar-refractivity contribution is 5.24. The predicted octanol–water partition coefficient (Wildman–Crippen LogP) is 3.93. The monoisotopic (exact) mass is 227 g/mol. The average molecular weight is 227 g/mol. The molecule has 2 atom stereocenters. The van der Waals surface area contributed by atoms with Gasteiger partial charge in [0.05, 0.1) is 0 Å². The fourth-order valence-corrected chi connectivity index (χ4v) is 3.37. The van der Waals surface area contributed by atoms with Gasteiger partial charge in [0.1, 0.15) is 0 Å². The molecule has 1 saturated heterocycles.